The van der Waals surface area contributed by atoms with E-state index < -0.39 is 11.2 Å². The van der Waals surface area contributed by atoms with E-state index in [2.05, 4.69) is 4.84 Å². The number of Topliss-reactive ketones (excluding diaryl/α,β-unsaturated/α-hetero) is 1. The van der Waals surface area contributed by atoms with E-state index in [0.717, 1.165) is 5.56 Å². The summed E-state index contributed by atoms with van der Waals surface area (Å²) in [6.07, 6.45) is -0.503. The molecule has 0 saturated heterocycles. The van der Waals surface area contributed by atoms with Crippen molar-refractivity contribution in [1.82, 2.24) is 0 Å². The van der Waals surface area contributed by atoms with Crippen LogP contribution in [-0.2, 0) is 16.2 Å². The predicted molar refractivity (Wildman–Crippen MR) is 70.0 cm³/mol. The maximum absolute atomic E-state index is 12.1. The lowest BCUT2D eigenvalue weighted by Gasteiger charge is -2.23. The Labute approximate surface area is 120 Å². The molecule has 0 fully saturated rings. The number of benzene rings is 1. The number of methoxy groups -OCH3 is 1. The molecule has 8 nitrogen and oxygen atoms in total. The van der Waals surface area contributed by atoms with Gasteiger partial charge < -0.3 is 19.0 Å². The van der Waals surface area contributed by atoms with Gasteiger partial charge in [0, 0.05) is 5.56 Å². The van der Waals surface area contributed by atoms with Crippen molar-refractivity contribution >= 4 is 5.78 Å². The first-order valence-electron chi connectivity index (χ1n) is 6.29. The Morgan fingerprint density at radius 3 is 2.81 bits per heavy atom. The first-order valence-corrected chi connectivity index (χ1v) is 6.29. The molecule has 1 aromatic rings. The highest BCUT2D eigenvalue weighted by atomic mass is 17.0. The molecule has 0 spiro atoms. The highest BCUT2D eigenvalue weighted by molar-refractivity contribution is 6.01. The van der Waals surface area contributed by atoms with Crippen LogP contribution in [0.5, 0.6) is 11.5 Å². The van der Waals surface area contributed by atoms with E-state index in [1.165, 1.54) is 7.11 Å². The van der Waals surface area contributed by atoms with Crippen molar-refractivity contribution in [2.24, 2.45) is 0 Å². The van der Waals surface area contributed by atoms with Gasteiger partial charge in [0.2, 0.25) is 0 Å². The molecule has 0 amide bonds. The molecule has 0 N–H and O–H groups in total. The van der Waals surface area contributed by atoms with Crippen LogP contribution in [-0.4, -0.2) is 37.3 Å². The van der Waals surface area contributed by atoms with Gasteiger partial charge in [-0.1, -0.05) is 0 Å². The molecule has 21 heavy (non-hydrogen) atoms. The molecule has 8 heteroatoms. The molecule has 0 bridgehead atoms. The van der Waals surface area contributed by atoms with E-state index in [4.69, 9.17) is 14.2 Å². The van der Waals surface area contributed by atoms with Crippen LogP contribution in [0.2, 0.25) is 0 Å². The molecule has 0 saturated carbocycles. The van der Waals surface area contributed by atoms with E-state index in [-0.39, 0.29) is 19.0 Å². The fraction of sp³-hybridized carbons (Fsp3) is 0.462. The lowest BCUT2D eigenvalue weighted by atomic mass is 9.97. The largest absolute Gasteiger partial charge is 0.493 e. The zero-order chi connectivity index (χ0) is 15.4. The third kappa shape index (κ3) is 3.40. The molecule has 114 valence electrons. The van der Waals surface area contributed by atoms with Crippen LogP contribution in [0.3, 0.4) is 0 Å². The van der Waals surface area contributed by atoms with Gasteiger partial charge in [0.15, 0.2) is 17.3 Å². The third-order valence-corrected chi connectivity index (χ3v) is 3.05. The highest BCUT2D eigenvalue weighted by Crippen LogP contribution is 2.34. The van der Waals surface area contributed by atoms with Gasteiger partial charge >= 0.3 is 0 Å². The van der Waals surface area contributed by atoms with Crippen molar-refractivity contribution in [2.45, 2.75) is 19.6 Å². The maximum Gasteiger partial charge on any atom is 0.294 e. The summed E-state index contributed by atoms with van der Waals surface area (Å²) in [5, 5.41) is 9.16. The topological polar surface area (TPSA) is 97.1 Å². The summed E-state index contributed by atoms with van der Waals surface area (Å²) >= 11 is 0. The average Bonchev–Trinajstić information content (AvgIpc) is 2.47. The van der Waals surface area contributed by atoms with E-state index in [1.54, 1.807) is 19.1 Å². The van der Waals surface area contributed by atoms with E-state index in [9.17, 15) is 14.9 Å². The standard InChI is InChI=1S/C13H15NO7/c1-8-13(15)10-6-12(19-3-4-21-14(16)17)11(18-2)5-9(10)7-20-8/h5-6,8H,3-4,7H2,1-2H3. The van der Waals surface area contributed by atoms with Gasteiger partial charge in [-0.3, -0.25) is 4.79 Å². The van der Waals surface area contributed by atoms with E-state index in [0.29, 0.717) is 23.7 Å². The zero-order valence-corrected chi connectivity index (χ0v) is 11.7. The second kappa shape index (κ2) is 6.40. The molecule has 1 atom stereocenters. The number of ketones is 1. The fourth-order valence-corrected chi connectivity index (χ4v) is 2.00. The molecular weight excluding hydrogens is 282 g/mol. The molecule has 1 aliphatic heterocycles. The Balaban J connectivity index is 2.16. The smallest absolute Gasteiger partial charge is 0.294 e. The second-order valence-corrected chi connectivity index (χ2v) is 4.38. The first kappa shape index (κ1) is 15.0. The zero-order valence-electron chi connectivity index (χ0n) is 11.7. The molecule has 0 radical (unpaired) electrons. The lowest BCUT2D eigenvalue weighted by molar-refractivity contribution is -0.757. The van der Waals surface area contributed by atoms with Gasteiger partial charge in [-0.25, -0.2) is 0 Å². The summed E-state index contributed by atoms with van der Waals surface area (Å²) in [7, 11) is 1.47. The van der Waals surface area contributed by atoms with Gasteiger partial charge in [-0.15, -0.1) is 10.1 Å². The molecular formula is C13H15NO7. The Bertz CT molecular complexity index is 558. The number of ether oxygens (including phenoxy) is 3. The average molecular weight is 297 g/mol. The van der Waals surface area contributed by atoms with Crippen LogP contribution < -0.4 is 9.47 Å². The van der Waals surface area contributed by atoms with Crippen molar-refractivity contribution in [3.8, 4) is 11.5 Å². The van der Waals surface area contributed by atoms with Gasteiger partial charge in [-0.05, 0) is 24.6 Å². The number of fused-ring (bicyclic) bond motifs is 1. The van der Waals surface area contributed by atoms with Crippen LogP contribution in [0.15, 0.2) is 12.1 Å². The maximum atomic E-state index is 12.1. The minimum Gasteiger partial charge on any atom is -0.493 e. The molecule has 1 aliphatic rings. The van der Waals surface area contributed by atoms with Crippen LogP contribution in [0, 0.1) is 10.1 Å². The van der Waals surface area contributed by atoms with Crippen LogP contribution in [0.1, 0.15) is 22.8 Å². The Hall–Kier alpha value is -2.35. The van der Waals surface area contributed by atoms with E-state index in [1.807, 2.05) is 0 Å². The Morgan fingerprint density at radius 2 is 2.14 bits per heavy atom. The Morgan fingerprint density at radius 1 is 1.38 bits per heavy atom. The van der Waals surface area contributed by atoms with Gasteiger partial charge in [0.05, 0.1) is 13.7 Å². The third-order valence-electron chi connectivity index (χ3n) is 3.05. The van der Waals surface area contributed by atoms with Gasteiger partial charge in [-0.2, -0.15) is 0 Å². The SMILES string of the molecule is COc1cc2c(cc1OCCO[N+](=O)[O-])C(=O)C(C)OC2. The lowest BCUT2D eigenvalue weighted by Crippen LogP contribution is -2.27. The second-order valence-electron chi connectivity index (χ2n) is 4.38. The monoisotopic (exact) mass is 297 g/mol. The number of carbonyl (C=O) groups is 1. The summed E-state index contributed by atoms with van der Waals surface area (Å²) in [5.74, 6) is 0.636. The number of rotatable bonds is 6. The van der Waals surface area contributed by atoms with Crippen LogP contribution in [0.4, 0.5) is 0 Å². The van der Waals surface area contributed by atoms with Gasteiger partial charge in [0.1, 0.15) is 19.3 Å². The summed E-state index contributed by atoms with van der Waals surface area (Å²) in [6, 6.07) is 3.24. The summed E-state index contributed by atoms with van der Waals surface area (Å²) in [6.45, 7) is 1.77. The quantitative estimate of drug-likeness (QED) is 0.444. The van der Waals surface area contributed by atoms with Crippen molar-refractivity contribution in [2.75, 3.05) is 20.3 Å². The summed E-state index contributed by atoms with van der Waals surface area (Å²) in [4.78, 5) is 26.3. The summed E-state index contributed by atoms with van der Waals surface area (Å²) in [5.41, 5.74) is 1.24. The minimum absolute atomic E-state index is 0.0314. The molecule has 2 rings (SSSR count). The van der Waals surface area contributed by atoms with Crippen LogP contribution >= 0.6 is 0 Å². The van der Waals surface area contributed by atoms with Crippen molar-refractivity contribution in [3.05, 3.63) is 33.4 Å². The normalized spacial score (nSPS) is 17.0. The number of carbonyl (C=O) groups excluding carboxylic acids is 1. The van der Waals surface area contributed by atoms with Crippen molar-refractivity contribution in [1.29, 1.82) is 0 Å². The predicted octanol–water partition coefficient (Wildman–Crippen LogP) is 1.38. The van der Waals surface area contributed by atoms with E-state index >= 15 is 0 Å². The number of hydrogen-bond acceptors (Lipinski definition) is 7. The minimum atomic E-state index is -0.893. The fourth-order valence-electron chi connectivity index (χ4n) is 2.00. The Kier molecular flexibility index (Phi) is 4.59. The van der Waals surface area contributed by atoms with Crippen molar-refractivity contribution in [3.63, 3.8) is 0 Å². The molecule has 1 heterocycles. The molecule has 0 aliphatic carbocycles. The van der Waals surface area contributed by atoms with Crippen molar-refractivity contribution < 1.29 is 28.9 Å². The number of hydrogen-bond donors (Lipinski definition) is 0. The summed E-state index contributed by atoms with van der Waals surface area (Å²) < 4.78 is 15.9. The van der Waals surface area contributed by atoms with Crippen LogP contribution in [0.25, 0.3) is 0 Å². The number of nitrogens with zero attached hydrogens (tertiary/aromatic N) is 1. The molecule has 1 unspecified atom stereocenters. The molecule has 0 aromatic heterocycles. The molecule has 1 aromatic carbocycles. The first-order chi connectivity index (χ1) is 10.0. The highest BCUT2D eigenvalue weighted by Gasteiger charge is 2.26. The van der Waals surface area contributed by atoms with Gasteiger partial charge in [0.25, 0.3) is 5.09 Å².